The summed E-state index contributed by atoms with van der Waals surface area (Å²) in [4.78, 5) is 0. The molecule has 0 radical (unpaired) electrons. The summed E-state index contributed by atoms with van der Waals surface area (Å²) in [7, 11) is 0. The lowest BCUT2D eigenvalue weighted by Crippen LogP contribution is -2.24. The first kappa shape index (κ1) is 36.6. The fraction of sp³-hybridized carbons (Fsp3) is 1.00. The monoisotopic (exact) mass is 455 g/mol. The Morgan fingerprint density at radius 3 is 1.47 bits per heavy atom. The number of hydrogen-bond acceptors (Lipinski definition) is 0. The highest BCUT2D eigenvalue weighted by Crippen LogP contribution is 2.38. The van der Waals surface area contributed by atoms with Gasteiger partial charge in [0.05, 0.1) is 0 Å². The van der Waals surface area contributed by atoms with E-state index in [2.05, 4.69) is 76.2 Å². The molecule has 0 aromatic rings. The smallest absolute Gasteiger partial charge is 0.0354 e. The summed E-state index contributed by atoms with van der Waals surface area (Å²) in [6, 6.07) is 0. The van der Waals surface area contributed by atoms with Gasteiger partial charge >= 0.3 is 0 Å². The number of unbranched alkanes of at least 4 members (excludes halogenated alkanes) is 4. The average molecular weight is 455 g/mol. The van der Waals surface area contributed by atoms with Crippen LogP contribution in [-0.2, 0) is 0 Å². The van der Waals surface area contributed by atoms with Crippen molar-refractivity contribution in [2.24, 2.45) is 35.0 Å². The summed E-state index contributed by atoms with van der Waals surface area (Å²) in [6.07, 6.45) is 18.2. The highest BCUT2D eigenvalue weighted by Gasteiger charge is 2.27. The quantitative estimate of drug-likeness (QED) is 0.203. The van der Waals surface area contributed by atoms with Gasteiger partial charge in [0.2, 0.25) is 0 Å². The van der Waals surface area contributed by atoms with E-state index in [-0.39, 0.29) is 0 Å². The van der Waals surface area contributed by atoms with E-state index < -0.39 is 0 Å². The van der Waals surface area contributed by atoms with Crippen LogP contribution in [0, 0.1) is 35.0 Å². The van der Waals surface area contributed by atoms with Crippen LogP contribution in [0.25, 0.3) is 0 Å². The topological polar surface area (TPSA) is 0 Å². The van der Waals surface area contributed by atoms with Crippen molar-refractivity contribution in [2.45, 2.75) is 173 Å². The van der Waals surface area contributed by atoms with Gasteiger partial charge in [0.15, 0.2) is 0 Å². The Labute approximate surface area is 208 Å². The Bertz CT molecular complexity index is 334. The first-order valence-electron chi connectivity index (χ1n) is 15.1. The van der Waals surface area contributed by atoms with Gasteiger partial charge in [-0.05, 0) is 54.3 Å². The summed E-state index contributed by atoms with van der Waals surface area (Å²) < 4.78 is 0. The van der Waals surface area contributed by atoms with Gasteiger partial charge in [0.1, 0.15) is 0 Å². The van der Waals surface area contributed by atoms with Gasteiger partial charge in [-0.15, -0.1) is 0 Å². The Kier molecular flexibility index (Phi) is 27.6. The summed E-state index contributed by atoms with van der Waals surface area (Å²) in [5, 5.41) is 0. The van der Waals surface area contributed by atoms with Gasteiger partial charge in [-0.25, -0.2) is 0 Å². The molecule has 32 heavy (non-hydrogen) atoms. The van der Waals surface area contributed by atoms with Crippen LogP contribution in [0.1, 0.15) is 173 Å². The lowest BCUT2D eigenvalue weighted by molar-refractivity contribution is 0.164. The van der Waals surface area contributed by atoms with Crippen molar-refractivity contribution in [3.63, 3.8) is 0 Å². The molecule has 5 unspecified atom stereocenters. The van der Waals surface area contributed by atoms with E-state index in [0.717, 1.165) is 29.6 Å². The molecule has 0 saturated carbocycles. The molecule has 0 aromatic heterocycles. The summed E-state index contributed by atoms with van der Waals surface area (Å²) >= 11 is 0. The van der Waals surface area contributed by atoms with E-state index in [4.69, 9.17) is 0 Å². The van der Waals surface area contributed by atoms with Crippen molar-refractivity contribution in [1.29, 1.82) is 0 Å². The molecule has 0 saturated heterocycles. The third-order valence-corrected chi connectivity index (χ3v) is 7.76. The second-order valence-electron chi connectivity index (χ2n) is 11.7. The molecule has 0 nitrogen and oxygen atoms in total. The molecule has 0 amide bonds. The molecular weight excluding hydrogens is 384 g/mol. The van der Waals surface area contributed by atoms with Crippen LogP contribution in [0.4, 0.5) is 0 Å². The lowest BCUT2D eigenvalue weighted by atomic mass is 9.71. The molecule has 0 aliphatic carbocycles. The molecule has 0 spiro atoms. The molecule has 0 bridgehead atoms. The van der Waals surface area contributed by atoms with Gasteiger partial charge in [-0.2, -0.15) is 0 Å². The minimum absolute atomic E-state index is 0.457. The number of hydrogen-bond donors (Lipinski definition) is 0. The molecule has 5 atom stereocenters. The highest BCUT2D eigenvalue weighted by molar-refractivity contribution is 4.78. The fourth-order valence-electron chi connectivity index (χ4n) is 4.59. The first-order valence-corrected chi connectivity index (χ1v) is 15.1. The standard InChI is InChI=1S/C25H52.C5H12.C2H6/c1-10-13-14-15-23(12-3)19-22(6)21(5)16-17-24(25(7,8)9)18-20(4)11-2;1-3-5-4-2;1-2/h20-24H,10-19H2,1-9H3;3-5H2,1-2H3;1-2H3. The second-order valence-corrected chi connectivity index (χ2v) is 11.7. The van der Waals surface area contributed by atoms with Gasteiger partial charge in [0, 0.05) is 0 Å². The van der Waals surface area contributed by atoms with Crippen LogP contribution in [0.5, 0.6) is 0 Å². The van der Waals surface area contributed by atoms with Crippen LogP contribution in [-0.4, -0.2) is 0 Å². The van der Waals surface area contributed by atoms with Crippen molar-refractivity contribution in [3.05, 3.63) is 0 Å². The normalized spacial score (nSPS) is 16.0. The largest absolute Gasteiger partial charge is 0.0683 e. The molecule has 0 fully saturated rings. The Morgan fingerprint density at radius 1 is 0.562 bits per heavy atom. The van der Waals surface area contributed by atoms with E-state index in [1.165, 1.54) is 83.5 Å². The molecule has 0 heteroatoms. The summed E-state index contributed by atoms with van der Waals surface area (Å²) in [5.41, 5.74) is 0.457. The zero-order valence-corrected chi connectivity index (χ0v) is 25.6. The molecule has 0 heterocycles. The first-order chi connectivity index (χ1) is 15.1. The van der Waals surface area contributed by atoms with Gasteiger partial charge < -0.3 is 0 Å². The van der Waals surface area contributed by atoms with Crippen LogP contribution >= 0.6 is 0 Å². The van der Waals surface area contributed by atoms with E-state index >= 15 is 0 Å². The van der Waals surface area contributed by atoms with Crippen LogP contribution in [0.15, 0.2) is 0 Å². The highest BCUT2D eigenvalue weighted by atomic mass is 14.3. The van der Waals surface area contributed by atoms with Gasteiger partial charge in [-0.1, -0.05) is 154 Å². The maximum absolute atomic E-state index is 2.52. The van der Waals surface area contributed by atoms with E-state index in [1.807, 2.05) is 13.8 Å². The maximum Gasteiger partial charge on any atom is -0.0354 e. The minimum atomic E-state index is 0.457. The fourth-order valence-corrected chi connectivity index (χ4v) is 4.59. The van der Waals surface area contributed by atoms with Crippen LogP contribution < -0.4 is 0 Å². The van der Waals surface area contributed by atoms with Gasteiger partial charge in [-0.3, -0.25) is 0 Å². The van der Waals surface area contributed by atoms with Crippen molar-refractivity contribution in [1.82, 2.24) is 0 Å². The van der Waals surface area contributed by atoms with Crippen LogP contribution in [0.3, 0.4) is 0 Å². The SMILES string of the molecule is CC.CCCCC.CCCCCC(CC)CC(C)C(C)CCC(CC(C)CC)C(C)(C)C. The van der Waals surface area contributed by atoms with Crippen molar-refractivity contribution in [2.75, 3.05) is 0 Å². The molecule has 0 aliphatic heterocycles. The second kappa shape index (κ2) is 24.1. The zero-order chi connectivity index (χ0) is 25.6. The molecule has 0 aliphatic rings. The van der Waals surface area contributed by atoms with Crippen molar-refractivity contribution >= 4 is 0 Å². The third kappa shape index (κ3) is 21.8. The molecule has 0 aromatic carbocycles. The molecular formula is C32H70. The van der Waals surface area contributed by atoms with E-state index in [0.29, 0.717) is 5.41 Å². The molecule has 0 N–H and O–H groups in total. The summed E-state index contributed by atoms with van der Waals surface area (Å²) in [6.45, 7) is 30.3. The Hall–Kier alpha value is 0. The van der Waals surface area contributed by atoms with Gasteiger partial charge in [0.25, 0.3) is 0 Å². The van der Waals surface area contributed by atoms with Crippen molar-refractivity contribution < 1.29 is 0 Å². The van der Waals surface area contributed by atoms with Crippen molar-refractivity contribution in [3.8, 4) is 0 Å². The summed E-state index contributed by atoms with van der Waals surface area (Å²) in [5.74, 6) is 4.48. The minimum Gasteiger partial charge on any atom is -0.0683 e. The molecule has 0 rings (SSSR count). The molecule has 198 valence electrons. The Morgan fingerprint density at radius 2 is 1.09 bits per heavy atom. The van der Waals surface area contributed by atoms with E-state index in [1.54, 1.807) is 0 Å². The average Bonchev–Trinajstić information content (AvgIpc) is 2.76. The number of rotatable bonds is 16. The maximum atomic E-state index is 2.52. The lowest BCUT2D eigenvalue weighted by Gasteiger charge is -2.34. The predicted molar refractivity (Wildman–Crippen MR) is 154 cm³/mol. The zero-order valence-electron chi connectivity index (χ0n) is 25.6. The Balaban J connectivity index is -0.00000105. The third-order valence-electron chi connectivity index (χ3n) is 7.76. The predicted octanol–water partition coefficient (Wildman–Crippen LogP) is 12.4. The van der Waals surface area contributed by atoms with Crippen LogP contribution in [0.2, 0.25) is 0 Å². The van der Waals surface area contributed by atoms with E-state index in [9.17, 15) is 0 Å².